The number of aromatic amines is 6. The molecule has 6 amide bonds. The van der Waals surface area contributed by atoms with Crippen molar-refractivity contribution in [1.82, 2.24) is 91.1 Å². The fourth-order valence-electron chi connectivity index (χ4n) is 12.9. The molecule has 12 aromatic rings. The van der Waals surface area contributed by atoms with Crippen LogP contribution in [0.5, 0.6) is 0 Å². The Morgan fingerprint density at radius 1 is 0.302 bits per heavy atom. The zero-order valence-corrected chi connectivity index (χ0v) is 68.3. The standard InChI is InChI=1S/6C16H21N3O2/c6*1-19(2)6-5-12-9-17-15-4-3-11(8-14(12)15)7-13-10-21-16(20)18-13/h6*3-4,8-9,13,17H,5-7,10H2,1-2H3,(H,18,20)/t6*13-/m000000/s1/i1D3,2D3,6D2,9D,10D2;1D3,2D3,5D2,9D,10D2;1D3,6D2,9D,10D2;1D3,5D2,9D,10D2;6D2,9D,10D2;5D2,9D,10D2/hD12. The van der Waals surface area contributed by atoms with Crippen molar-refractivity contribution < 1.29 is 140 Å². The van der Waals surface area contributed by atoms with E-state index in [9.17, 15) is 28.8 Å². The second-order valence-corrected chi connectivity index (χ2v) is 29.0. The van der Waals surface area contributed by atoms with Crippen LogP contribution in [0.15, 0.2) is 146 Å². The Morgan fingerprint density at radius 3 is 0.738 bits per heavy atom. The molecular weight excluding hydrogens is 1600 g/mol. The number of H-pyrrole nitrogens is 6. The molecule has 6 aromatic heterocycles. The smallest absolute Gasteiger partial charge is 0.407 e. The van der Waals surface area contributed by atoms with E-state index in [2.05, 4.69) is 28.4 Å². The summed E-state index contributed by atoms with van der Waals surface area (Å²) in [6, 6.07) is 19.8. The molecule has 30 nitrogen and oxygen atoms in total. The number of hydrogen-bond donors (Lipinski definition) is 12. The van der Waals surface area contributed by atoms with Gasteiger partial charge in [0.2, 0.25) is 0 Å². The number of nitrogens with one attached hydrogen (secondary N) is 12. The SMILES string of the molecule is [2H]c1c(C([2H])([2H])CN(C([2H])([2H])[2H])C([2H])([2H])[2H])c2cc(C[C@@H]3N([2H])C(=O)OC3([2H])[2H])ccc2n1[2H].[2H]c1c(C([2H])([2H])CN(C)C([2H])([2H])[2H])c2cc(C[C@@H]3N([2H])C(=O)OC3([2H])[2H])ccc2n1[2H].[2H]c1c(C([2H])([2H])CN(C)C)c2cc(C[C@@H]3N([2H])C(=O)OC3([2H])[2H])ccc2n1[2H].[2H]c1c(CC([2H])([2H])N(C([2H])([2H])[2H])C([2H])([2H])[2H])c2cc(C[C@@H]3N([2H])C(=O)OC3([2H])[2H])ccc2n1[2H].[2H]c1c(CC([2H])([2H])N(C)C([2H])([2H])[2H])c2cc(C[C@@H]3N([2H])C(=O)OC3([2H])[2H])ccc2n1[2H].[2H]c1c(CC([2H])([2H])N(C)C)c2cc(C[C@@H]3N([2H])C(=O)OC3([2H])[2H])ccc2n1[2H]. The predicted molar refractivity (Wildman–Crippen MR) is 495 cm³/mol. The van der Waals surface area contributed by atoms with Gasteiger partial charge in [-0.05, 0) is 301 Å². The van der Waals surface area contributed by atoms with Crippen molar-refractivity contribution in [2.75, 3.05) is 163 Å². The van der Waals surface area contributed by atoms with Crippen LogP contribution < -0.4 is 31.9 Å². The van der Waals surface area contributed by atoms with Crippen LogP contribution in [0.1, 0.15) is 133 Å². The maximum Gasteiger partial charge on any atom is 0.407 e. The minimum atomic E-state index is -3.32. The lowest BCUT2D eigenvalue weighted by Gasteiger charge is -2.09. The number of carbonyl (C=O) groups is 6. The molecular formula is C96H126N18O12. The third-order valence-corrected chi connectivity index (χ3v) is 18.7. The first kappa shape index (κ1) is 42.0. The van der Waals surface area contributed by atoms with Crippen molar-refractivity contribution in [3.05, 3.63) is 213 Å². The van der Waals surface area contributed by atoms with Gasteiger partial charge in [0.15, 0.2) is 16.9 Å². The highest BCUT2D eigenvalue weighted by Crippen LogP contribution is 2.29. The molecule has 12 heterocycles. The molecule has 6 aromatic carbocycles. The van der Waals surface area contributed by atoms with Gasteiger partial charge in [0.05, 0.1) is 60.9 Å². The minimum Gasteiger partial charge on any atom is -0.447 e. The van der Waals surface area contributed by atoms with Crippen LogP contribution in [-0.2, 0) is 105 Å². The zero-order chi connectivity index (χ0) is 141. The van der Waals surface area contributed by atoms with Crippen molar-refractivity contribution in [2.24, 2.45) is 0 Å². The van der Waals surface area contributed by atoms with Gasteiger partial charge in [-0.2, -0.15) is 0 Å². The van der Waals surface area contributed by atoms with Gasteiger partial charge in [0.25, 0.3) is 0 Å². The molecule has 0 aliphatic carbocycles. The van der Waals surface area contributed by atoms with Crippen LogP contribution in [0.2, 0.25) is 16.9 Å². The van der Waals surface area contributed by atoms with E-state index in [-0.39, 0.29) is 135 Å². The lowest BCUT2D eigenvalue weighted by Crippen LogP contribution is -2.28. The van der Waals surface area contributed by atoms with E-state index in [0.717, 1.165) is 31.9 Å². The minimum absolute atomic E-state index is 0.00864. The second kappa shape index (κ2) is 43.7. The number of ether oxygens (including phenoxy) is 6. The topological polar surface area (TPSA) is 344 Å². The number of cyclic esters (lactones) is 6. The summed E-state index contributed by atoms with van der Waals surface area (Å²) in [6.45, 7) is -41.2. The quantitative estimate of drug-likeness (QED) is 0.0186. The number of fused-ring (bicyclic) bond motifs is 6. The van der Waals surface area contributed by atoms with Crippen LogP contribution in [0, 0.1) is 0 Å². The highest BCUT2D eigenvalue weighted by Gasteiger charge is 2.29. The summed E-state index contributed by atoms with van der Waals surface area (Å²) in [5.74, 6) is 0. The van der Waals surface area contributed by atoms with E-state index in [1.54, 1.807) is 75.6 Å². The van der Waals surface area contributed by atoms with Gasteiger partial charge in [0.1, 0.15) is 39.4 Å². The van der Waals surface area contributed by atoms with Crippen molar-refractivity contribution in [3.8, 4) is 0 Å². The molecule has 672 valence electrons. The van der Waals surface area contributed by atoms with E-state index in [4.69, 9.17) is 82.7 Å². The van der Waals surface area contributed by atoms with Gasteiger partial charge in [-0.15, -0.1) is 0 Å². The van der Waals surface area contributed by atoms with E-state index in [1.807, 2.05) is 0 Å². The van der Waals surface area contributed by atoms with Gasteiger partial charge in [-0.3, -0.25) is 0 Å². The van der Waals surface area contributed by atoms with E-state index in [1.165, 1.54) is 78.7 Å². The normalized spacial score (nSPS) is 29.3. The summed E-state index contributed by atoms with van der Waals surface area (Å²) in [7, 11) is 8.98. The lowest BCUT2D eigenvalue weighted by atomic mass is 10.0. The van der Waals surface area contributed by atoms with Gasteiger partial charge in [-0.1, -0.05) is 36.4 Å². The Morgan fingerprint density at radius 2 is 0.516 bits per heavy atom. The molecule has 0 saturated carbocycles. The molecule has 18 rings (SSSR count). The highest BCUT2D eigenvalue weighted by atomic mass is 16.6. The van der Waals surface area contributed by atoms with Gasteiger partial charge >= 0.3 is 36.6 Å². The fourth-order valence-corrected chi connectivity index (χ4v) is 12.9. The first-order valence-electron chi connectivity index (χ1n) is 67.9. The third kappa shape index (κ3) is 26.5. The number of carbonyl (C=O) groups excluding carboxylic acids is 6. The van der Waals surface area contributed by atoms with Gasteiger partial charge in [0, 0.05) is 183 Å². The number of aryl methyl sites for hydroxylation is 3. The van der Waals surface area contributed by atoms with Crippen molar-refractivity contribution >= 4 is 102 Å². The summed E-state index contributed by atoms with van der Waals surface area (Å²) in [6.07, 6.45) is -17.8. The second-order valence-electron chi connectivity index (χ2n) is 29.0. The van der Waals surface area contributed by atoms with E-state index >= 15 is 0 Å². The Labute approximate surface area is 821 Å². The molecule has 30 heteroatoms. The van der Waals surface area contributed by atoms with Crippen molar-refractivity contribution in [2.45, 2.75) is 113 Å². The average molecular weight is 1780 g/mol. The van der Waals surface area contributed by atoms with E-state index in [0.29, 0.717) is 118 Å². The zero-order valence-electron chi connectivity index (χ0n) is 128. The predicted octanol–water partition coefficient (Wildman–Crippen LogP) is 11.5. The Kier molecular flexibility index (Phi) is 14.6. The molecule has 126 heavy (non-hydrogen) atoms. The van der Waals surface area contributed by atoms with E-state index < -0.39 is 243 Å². The maximum atomic E-state index is 11.6. The van der Waals surface area contributed by atoms with Crippen LogP contribution in [0.3, 0.4) is 0 Å². The average Bonchev–Trinajstić information content (AvgIpc) is 1.55. The molecule has 0 bridgehead atoms. The number of rotatable bonds is 30. The number of nitrogens with zero attached hydrogens (tertiary/aromatic N) is 6. The van der Waals surface area contributed by atoms with Crippen LogP contribution in [0.4, 0.5) is 28.8 Å². The third-order valence-electron chi connectivity index (χ3n) is 18.7. The van der Waals surface area contributed by atoms with Gasteiger partial charge in [-0.25, -0.2) is 28.8 Å². The van der Waals surface area contributed by atoms with Gasteiger partial charge < -0.3 is 120 Å². The monoisotopic (exact) mass is 1780 g/mol. The summed E-state index contributed by atoms with van der Waals surface area (Å²) in [5, 5.41) is 4.07. The molecule has 6 atom stereocenters. The van der Waals surface area contributed by atoms with Crippen molar-refractivity contribution in [3.63, 3.8) is 0 Å². The number of amides is 6. The molecule has 6 aliphatic rings. The molecule has 6 aliphatic heterocycles. The fraction of sp³-hybridized carbons (Fsp3) is 0.438. The molecule has 6 fully saturated rings. The molecule has 0 spiro atoms. The van der Waals surface area contributed by atoms with Crippen LogP contribution in [-0.4, -0.2) is 295 Å². The largest absolute Gasteiger partial charge is 0.447 e. The number of aromatic nitrogens is 6. The lowest BCUT2D eigenvalue weighted by molar-refractivity contribution is 0.176. The maximum absolute atomic E-state index is 11.6. The molecule has 0 unspecified atom stereocenters. The van der Waals surface area contributed by atoms with Crippen molar-refractivity contribution in [1.29, 1.82) is 0 Å². The Bertz CT molecular complexity index is 8600. The summed E-state index contributed by atoms with van der Waals surface area (Å²) < 4.78 is 499. The number of hydrogen-bond acceptors (Lipinski definition) is 18. The Hall–Kier alpha value is -12.1. The molecule has 0 radical (unpaired) electrons. The Balaban J connectivity index is 0.000000181. The number of alkyl carbamates (subject to hydrolysis) is 6. The van der Waals surface area contributed by atoms with Crippen LogP contribution in [0.25, 0.3) is 65.4 Å². The first-order chi connectivity index (χ1) is 84.4. The molecule has 12 N–H and O–H groups in total. The summed E-state index contributed by atoms with van der Waals surface area (Å²) in [4.78, 5) is 78.2. The summed E-state index contributed by atoms with van der Waals surface area (Å²) >= 11 is 0. The summed E-state index contributed by atoms with van der Waals surface area (Å²) in [5.41, 5.74) is 4.14. The number of benzene rings is 6. The first-order valence-corrected chi connectivity index (χ1v) is 38.6. The molecule has 6 saturated heterocycles. The van der Waals surface area contributed by atoms with Crippen LogP contribution >= 0.6 is 0 Å². The highest BCUT2D eigenvalue weighted by molar-refractivity contribution is 5.88. The number of likely N-dealkylation sites (N-methyl/N-ethyl adjacent to an activating group) is 6.